The zero-order valence-electron chi connectivity index (χ0n) is 12.7. The van der Waals surface area contributed by atoms with Crippen molar-refractivity contribution in [3.63, 3.8) is 0 Å². The highest BCUT2D eigenvalue weighted by Crippen LogP contribution is 2.46. The summed E-state index contributed by atoms with van der Waals surface area (Å²) in [6, 6.07) is 9.34. The van der Waals surface area contributed by atoms with Crippen LogP contribution in [0.15, 0.2) is 24.3 Å². The average Bonchev–Trinajstić information content (AvgIpc) is 2.52. The largest absolute Gasteiger partial charge is 0.266 e. The molecule has 2 saturated heterocycles. The van der Waals surface area contributed by atoms with Gasteiger partial charge in [0.05, 0.1) is 8.22 Å². The molecule has 2 fully saturated rings. The van der Waals surface area contributed by atoms with Gasteiger partial charge in [0.2, 0.25) is 0 Å². The Bertz CT molecular complexity index is 388. The van der Waals surface area contributed by atoms with E-state index in [0.29, 0.717) is 0 Å². The second-order valence-electron chi connectivity index (χ2n) is 6.15. The van der Waals surface area contributed by atoms with Crippen LogP contribution in [-0.4, -0.2) is 35.5 Å². The van der Waals surface area contributed by atoms with Crippen LogP contribution in [0, 0.1) is 6.92 Å². The molecule has 0 saturated carbocycles. The first-order valence-electron chi connectivity index (χ1n) is 8.21. The molecule has 0 bridgehead atoms. The molecule has 0 spiro atoms. The normalized spacial score (nSPS) is 22.3. The molecule has 0 atom stereocenters. The maximum atomic E-state index is 2.79. The van der Waals surface area contributed by atoms with E-state index < -0.39 is 0 Å². The topological polar surface area (TPSA) is 6.48 Å². The zero-order valence-corrected chi connectivity index (χ0v) is 13.6. The maximum absolute atomic E-state index is 2.79. The molecule has 0 radical (unpaired) electrons. The van der Waals surface area contributed by atoms with Gasteiger partial charge < -0.3 is 0 Å². The van der Waals surface area contributed by atoms with E-state index in [-0.39, 0.29) is 8.22 Å². The maximum Gasteiger partial charge on any atom is 0.0724 e. The molecule has 0 aromatic heterocycles. The third-order valence-electron chi connectivity index (χ3n) is 4.47. The molecule has 2 aliphatic rings. The monoisotopic (exact) mass is 290 g/mol. The first kappa shape index (κ1) is 14.5. The number of piperidine rings is 2. The lowest BCUT2D eigenvalue weighted by molar-refractivity contribution is 0.315. The fourth-order valence-electron chi connectivity index (χ4n) is 3.32. The Morgan fingerprint density at radius 3 is 1.60 bits per heavy atom. The number of rotatable bonds is 3. The summed E-state index contributed by atoms with van der Waals surface area (Å²) in [5, 5.41) is 1.56. The summed E-state index contributed by atoms with van der Waals surface area (Å²) < 4.78 is 5.57. The van der Waals surface area contributed by atoms with Crippen LogP contribution in [0.3, 0.4) is 0 Å². The van der Waals surface area contributed by atoms with Gasteiger partial charge in [0.25, 0.3) is 0 Å². The Hall–Kier alpha value is -0.430. The fourth-order valence-corrected chi connectivity index (χ4v) is 6.07. The highest BCUT2D eigenvalue weighted by Gasteiger charge is 2.29. The molecule has 20 heavy (non-hydrogen) atoms. The second kappa shape index (κ2) is 7.02. The van der Waals surface area contributed by atoms with Crippen molar-refractivity contribution in [3.05, 3.63) is 29.8 Å². The quantitative estimate of drug-likeness (QED) is 0.779. The molecule has 0 aliphatic carbocycles. The third-order valence-corrected chi connectivity index (χ3v) is 7.10. The van der Waals surface area contributed by atoms with Crippen molar-refractivity contribution in [2.75, 3.05) is 26.2 Å². The van der Waals surface area contributed by atoms with Crippen molar-refractivity contribution in [2.45, 2.75) is 45.4 Å². The summed E-state index contributed by atoms with van der Waals surface area (Å²) >= 11 is 0. The highest BCUT2D eigenvalue weighted by atomic mass is 31.1. The van der Waals surface area contributed by atoms with Gasteiger partial charge in [0, 0.05) is 31.5 Å². The Balaban J connectivity index is 1.83. The van der Waals surface area contributed by atoms with E-state index in [4.69, 9.17) is 0 Å². The first-order valence-corrected chi connectivity index (χ1v) is 9.46. The van der Waals surface area contributed by atoms with Crippen molar-refractivity contribution in [1.82, 2.24) is 9.34 Å². The summed E-state index contributed by atoms with van der Waals surface area (Å²) in [4.78, 5) is 0. The predicted octanol–water partition coefficient (Wildman–Crippen LogP) is 3.90. The van der Waals surface area contributed by atoms with Gasteiger partial charge in [-0.3, -0.25) is 9.34 Å². The lowest BCUT2D eigenvalue weighted by Crippen LogP contribution is -2.38. The minimum Gasteiger partial charge on any atom is -0.266 e. The highest BCUT2D eigenvalue weighted by molar-refractivity contribution is 7.61. The summed E-state index contributed by atoms with van der Waals surface area (Å²) in [6.45, 7) is 7.39. The van der Waals surface area contributed by atoms with Crippen LogP contribution in [0.5, 0.6) is 0 Å². The van der Waals surface area contributed by atoms with E-state index in [2.05, 4.69) is 40.5 Å². The summed E-state index contributed by atoms with van der Waals surface area (Å²) in [6.07, 6.45) is 8.40. The van der Waals surface area contributed by atoms with E-state index in [1.165, 1.54) is 70.3 Å². The molecule has 3 heteroatoms. The summed E-state index contributed by atoms with van der Waals surface area (Å²) in [5.41, 5.74) is 1.38. The smallest absolute Gasteiger partial charge is 0.0724 e. The number of hydrogen-bond donors (Lipinski definition) is 0. The average molecular weight is 290 g/mol. The Kier molecular flexibility index (Phi) is 5.09. The standard InChI is InChI=1S/C17H27N2P/c1-16-8-10-17(11-9-16)20(18-12-4-2-5-13-18)19-14-6-3-7-15-19/h8-11H,2-7,12-15H2,1H3. The minimum atomic E-state index is -0.238. The fraction of sp³-hybridized carbons (Fsp3) is 0.647. The zero-order chi connectivity index (χ0) is 13.8. The van der Waals surface area contributed by atoms with Crippen LogP contribution >= 0.6 is 8.22 Å². The Morgan fingerprint density at radius 2 is 1.15 bits per heavy atom. The van der Waals surface area contributed by atoms with E-state index >= 15 is 0 Å². The van der Waals surface area contributed by atoms with Gasteiger partial charge in [-0.1, -0.05) is 42.7 Å². The SMILES string of the molecule is Cc1ccc(P(N2CCCCC2)N2CCCCC2)cc1. The van der Waals surface area contributed by atoms with Crippen LogP contribution in [0.1, 0.15) is 44.1 Å². The van der Waals surface area contributed by atoms with E-state index in [1.54, 1.807) is 5.30 Å². The number of aryl methyl sites for hydroxylation is 1. The van der Waals surface area contributed by atoms with Gasteiger partial charge in [-0.15, -0.1) is 0 Å². The van der Waals surface area contributed by atoms with Crippen molar-refractivity contribution >= 4 is 13.5 Å². The van der Waals surface area contributed by atoms with E-state index in [1.807, 2.05) is 0 Å². The van der Waals surface area contributed by atoms with Crippen molar-refractivity contribution in [1.29, 1.82) is 0 Å². The molecule has 1 aromatic rings. The number of benzene rings is 1. The first-order chi connectivity index (χ1) is 9.84. The molecule has 2 aliphatic heterocycles. The molecular weight excluding hydrogens is 263 g/mol. The molecule has 2 heterocycles. The van der Waals surface area contributed by atoms with Gasteiger partial charge in [-0.05, 0) is 32.6 Å². The molecule has 0 N–H and O–H groups in total. The molecular formula is C17H27N2P. The minimum absolute atomic E-state index is 0.238. The van der Waals surface area contributed by atoms with Gasteiger partial charge in [-0.2, -0.15) is 0 Å². The molecule has 110 valence electrons. The predicted molar refractivity (Wildman–Crippen MR) is 88.6 cm³/mol. The summed E-state index contributed by atoms with van der Waals surface area (Å²) in [7, 11) is -0.238. The van der Waals surface area contributed by atoms with Crippen LogP contribution in [-0.2, 0) is 0 Å². The van der Waals surface area contributed by atoms with Crippen molar-refractivity contribution < 1.29 is 0 Å². The molecule has 2 nitrogen and oxygen atoms in total. The van der Waals surface area contributed by atoms with E-state index in [0.717, 1.165) is 0 Å². The second-order valence-corrected chi connectivity index (χ2v) is 8.38. The molecule has 1 aromatic carbocycles. The number of nitrogens with zero attached hydrogens (tertiary/aromatic N) is 2. The third kappa shape index (κ3) is 3.42. The number of hydrogen-bond acceptors (Lipinski definition) is 2. The van der Waals surface area contributed by atoms with E-state index in [9.17, 15) is 0 Å². The van der Waals surface area contributed by atoms with Crippen molar-refractivity contribution in [3.8, 4) is 0 Å². The molecule has 0 unspecified atom stereocenters. The van der Waals surface area contributed by atoms with Gasteiger partial charge in [-0.25, -0.2) is 0 Å². The van der Waals surface area contributed by atoms with Crippen LogP contribution < -0.4 is 5.30 Å². The summed E-state index contributed by atoms with van der Waals surface area (Å²) in [5.74, 6) is 0. The van der Waals surface area contributed by atoms with Crippen LogP contribution in [0.2, 0.25) is 0 Å². The molecule has 3 rings (SSSR count). The lowest BCUT2D eigenvalue weighted by atomic mass is 10.2. The molecule has 0 amide bonds. The van der Waals surface area contributed by atoms with Crippen LogP contribution in [0.25, 0.3) is 0 Å². The van der Waals surface area contributed by atoms with Gasteiger partial charge in [0.15, 0.2) is 0 Å². The Morgan fingerprint density at radius 1 is 0.700 bits per heavy atom. The van der Waals surface area contributed by atoms with Crippen molar-refractivity contribution in [2.24, 2.45) is 0 Å². The Labute approximate surface area is 125 Å². The van der Waals surface area contributed by atoms with Crippen LogP contribution in [0.4, 0.5) is 0 Å². The lowest BCUT2D eigenvalue weighted by Gasteiger charge is -2.42. The van der Waals surface area contributed by atoms with Gasteiger partial charge in [0.1, 0.15) is 0 Å². The van der Waals surface area contributed by atoms with Gasteiger partial charge >= 0.3 is 0 Å².